The molecule has 0 radical (unpaired) electrons. The SMILES string of the molecule is O=C(c1cccc(-n2cccn2)c1)N1CC(Oc2ccnc(C(F)(F)F)c2)C1. The van der Waals surface area contributed by atoms with Crippen molar-refractivity contribution in [3.05, 3.63) is 72.3 Å². The van der Waals surface area contributed by atoms with Crippen LogP contribution in [-0.2, 0) is 6.18 Å². The molecule has 1 aliphatic heterocycles. The second-order valence-corrected chi connectivity index (χ2v) is 6.33. The number of benzene rings is 1. The summed E-state index contributed by atoms with van der Waals surface area (Å²) in [5, 5.41) is 4.14. The van der Waals surface area contributed by atoms with E-state index >= 15 is 0 Å². The predicted octanol–water partition coefficient (Wildman–Crippen LogP) is 3.19. The molecule has 3 aromatic rings. The molecule has 1 amide bonds. The highest BCUT2D eigenvalue weighted by molar-refractivity contribution is 5.95. The molecule has 0 aliphatic carbocycles. The molecule has 28 heavy (non-hydrogen) atoms. The lowest BCUT2D eigenvalue weighted by Gasteiger charge is -2.39. The van der Waals surface area contributed by atoms with Gasteiger partial charge in [0.2, 0.25) is 0 Å². The van der Waals surface area contributed by atoms with Gasteiger partial charge in [0.25, 0.3) is 5.91 Å². The van der Waals surface area contributed by atoms with E-state index in [1.54, 1.807) is 46.2 Å². The predicted molar refractivity (Wildman–Crippen MR) is 93.1 cm³/mol. The Kier molecular flexibility index (Phi) is 4.50. The summed E-state index contributed by atoms with van der Waals surface area (Å²) >= 11 is 0. The van der Waals surface area contributed by atoms with Crippen LogP contribution in [0.1, 0.15) is 16.1 Å². The fourth-order valence-corrected chi connectivity index (χ4v) is 2.90. The van der Waals surface area contributed by atoms with E-state index in [0.29, 0.717) is 18.7 Å². The van der Waals surface area contributed by atoms with E-state index in [4.69, 9.17) is 4.74 Å². The summed E-state index contributed by atoms with van der Waals surface area (Å²) in [5.74, 6) is -0.0836. The van der Waals surface area contributed by atoms with E-state index in [1.165, 1.54) is 6.07 Å². The molecule has 1 aromatic carbocycles. The number of pyridine rings is 1. The number of nitrogens with zero attached hydrogens (tertiary/aromatic N) is 4. The minimum absolute atomic E-state index is 0.0834. The van der Waals surface area contributed by atoms with Crippen molar-refractivity contribution in [3.63, 3.8) is 0 Å². The van der Waals surface area contributed by atoms with Crippen LogP contribution in [0.15, 0.2) is 61.1 Å². The molecular weight excluding hydrogens is 373 g/mol. The summed E-state index contributed by atoms with van der Waals surface area (Å²) in [7, 11) is 0. The second-order valence-electron chi connectivity index (χ2n) is 6.33. The maximum atomic E-state index is 12.7. The molecule has 3 heterocycles. The summed E-state index contributed by atoms with van der Waals surface area (Å²) in [5.41, 5.74) is 0.267. The van der Waals surface area contributed by atoms with Crippen LogP contribution in [-0.4, -0.2) is 44.8 Å². The van der Waals surface area contributed by atoms with E-state index in [1.807, 2.05) is 6.07 Å². The van der Waals surface area contributed by atoms with E-state index in [-0.39, 0.29) is 17.8 Å². The van der Waals surface area contributed by atoms with Crippen LogP contribution in [0.25, 0.3) is 5.69 Å². The first kappa shape index (κ1) is 18.0. The number of rotatable bonds is 4. The first-order valence-corrected chi connectivity index (χ1v) is 8.49. The summed E-state index contributed by atoms with van der Waals surface area (Å²) in [4.78, 5) is 17.5. The van der Waals surface area contributed by atoms with Crippen LogP contribution >= 0.6 is 0 Å². The van der Waals surface area contributed by atoms with Gasteiger partial charge in [0.1, 0.15) is 17.5 Å². The van der Waals surface area contributed by atoms with Gasteiger partial charge in [-0.2, -0.15) is 18.3 Å². The van der Waals surface area contributed by atoms with Crippen molar-refractivity contribution in [3.8, 4) is 11.4 Å². The number of alkyl halides is 3. The van der Waals surface area contributed by atoms with E-state index in [9.17, 15) is 18.0 Å². The number of ether oxygens (including phenoxy) is 1. The molecule has 0 bridgehead atoms. The molecule has 0 unspecified atom stereocenters. The molecule has 1 saturated heterocycles. The third kappa shape index (κ3) is 3.68. The summed E-state index contributed by atoms with van der Waals surface area (Å²) < 4.78 is 45.3. The topological polar surface area (TPSA) is 60.2 Å². The van der Waals surface area contributed by atoms with E-state index in [0.717, 1.165) is 18.0 Å². The zero-order valence-electron chi connectivity index (χ0n) is 14.5. The molecule has 0 atom stereocenters. The molecule has 6 nitrogen and oxygen atoms in total. The van der Waals surface area contributed by atoms with Crippen LogP contribution in [0.2, 0.25) is 0 Å². The van der Waals surface area contributed by atoms with Crippen molar-refractivity contribution >= 4 is 5.91 Å². The van der Waals surface area contributed by atoms with Gasteiger partial charge in [0.15, 0.2) is 0 Å². The molecule has 1 aliphatic rings. The average molecular weight is 388 g/mol. The lowest BCUT2D eigenvalue weighted by molar-refractivity contribution is -0.141. The minimum atomic E-state index is -4.53. The zero-order valence-corrected chi connectivity index (χ0v) is 14.5. The van der Waals surface area contributed by atoms with Gasteiger partial charge in [-0.25, -0.2) is 4.68 Å². The van der Waals surface area contributed by atoms with Crippen LogP contribution < -0.4 is 4.74 Å². The normalized spacial score (nSPS) is 14.6. The van der Waals surface area contributed by atoms with Crippen molar-refractivity contribution < 1.29 is 22.7 Å². The zero-order chi connectivity index (χ0) is 19.7. The Morgan fingerprint density at radius 2 is 1.93 bits per heavy atom. The third-order valence-electron chi connectivity index (χ3n) is 4.32. The number of likely N-dealkylation sites (tertiary alicyclic amines) is 1. The average Bonchev–Trinajstić information content (AvgIpc) is 3.18. The van der Waals surface area contributed by atoms with Gasteiger partial charge in [-0.05, 0) is 30.3 Å². The largest absolute Gasteiger partial charge is 0.487 e. The maximum Gasteiger partial charge on any atom is 0.433 e. The van der Waals surface area contributed by atoms with Crippen molar-refractivity contribution in [2.45, 2.75) is 12.3 Å². The monoisotopic (exact) mass is 388 g/mol. The Bertz CT molecular complexity index is 983. The van der Waals surface area contributed by atoms with Crippen LogP contribution in [0.4, 0.5) is 13.2 Å². The Morgan fingerprint density at radius 3 is 2.64 bits per heavy atom. The standard InChI is InChI=1S/C19H15F3N4O2/c20-19(21,22)17-10-15(5-7-23-17)28-16-11-25(12-16)18(27)13-3-1-4-14(9-13)26-8-2-6-24-26/h1-10,16H,11-12H2. The maximum absolute atomic E-state index is 12.7. The lowest BCUT2D eigenvalue weighted by atomic mass is 10.1. The van der Waals surface area contributed by atoms with Crippen molar-refractivity contribution in [2.75, 3.05) is 13.1 Å². The lowest BCUT2D eigenvalue weighted by Crippen LogP contribution is -2.56. The molecule has 2 aromatic heterocycles. The van der Waals surface area contributed by atoms with Gasteiger partial charge in [-0.15, -0.1) is 0 Å². The number of hydrogen-bond acceptors (Lipinski definition) is 4. The highest BCUT2D eigenvalue weighted by Gasteiger charge is 2.35. The fourth-order valence-electron chi connectivity index (χ4n) is 2.90. The van der Waals surface area contributed by atoms with E-state index in [2.05, 4.69) is 10.1 Å². The number of hydrogen-bond donors (Lipinski definition) is 0. The van der Waals surface area contributed by atoms with Crippen LogP contribution in [0.3, 0.4) is 0 Å². The van der Waals surface area contributed by atoms with Crippen LogP contribution in [0.5, 0.6) is 5.75 Å². The van der Waals surface area contributed by atoms with Gasteiger partial charge >= 0.3 is 6.18 Å². The molecule has 9 heteroatoms. The van der Waals surface area contributed by atoms with Crippen molar-refractivity contribution in [1.29, 1.82) is 0 Å². The number of carbonyl (C=O) groups is 1. The van der Waals surface area contributed by atoms with Gasteiger partial charge in [-0.3, -0.25) is 9.78 Å². The summed E-state index contributed by atoms with van der Waals surface area (Å²) in [6.45, 7) is 0.600. The van der Waals surface area contributed by atoms with Gasteiger partial charge in [-0.1, -0.05) is 6.07 Å². The number of halogens is 3. The number of aromatic nitrogens is 3. The first-order valence-electron chi connectivity index (χ1n) is 8.49. The third-order valence-corrected chi connectivity index (χ3v) is 4.32. The smallest absolute Gasteiger partial charge is 0.433 e. The molecule has 144 valence electrons. The van der Waals surface area contributed by atoms with Gasteiger partial charge in [0, 0.05) is 30.2 Å². The quantitative estimate of drug-likeness (QED) is 0.689. The number of amides is 1. The van der Waals surface area contributed by atoms with Gasteiger partial charge < -0.3 is 9.64 Å². The molecular formula is C19H15F3N4O2. The molecule has 0 saturated carbocycles. The summed E-state index contributed by atoms with van der Waals surface area (Å²) in [6.07, 6.45) is -0.404. The molecule has 1 fully saturated rings. The Labute approximate surface area is 158 Å². The highest BCUT2D eigenvalue weighted by atomic mass is 19.4. The molecule has 0 N–H and O–H groups in total. The molecule has 0 spiro atoms. The van der Waals surface area contributed by atoms with Crippen molar-refractivity contribution in [2.24, 2.45) is 0 Å². The Hall–Kier alpha value is -3.36. The Morgan fingerprint density at radius 1 is 1.11 bits per heavy atom. The first-order chi connectivity index (χ1) is 13.4. The van der Waals surface area contributed by atoms with E-state index < -0.39 is 11.9 Å². The Balaban J connectivity index is 1.38. The second kappa shape index (κ2) is 6.99. The van der Waals surface area contributed by atoms with Crippen molar-refractivity contribution in [1.82, 2.24) is 19.7 Å². The minimum Gasteiger partial charge on any atom is -0.487 e. The fraction of sp³-hybridized carbons (Fsp3) is 0.211. The molecule has 4 rings (SSSR count). The van der Waals surface area contributed by atoms with Crippen LogP contribution in [0, 0.1) is 0 Å². The highest BCUT2D eigenvalue weighted by Crippen LogP contribution is 2.30. The number of carbonyl (C=O) groups excluding carboxylic acids is 1. The van der Waals surface area contributed by atoms with Gasteiger partial charge in [0.05, 0.1) is 18.8 Å². The summed E-state index contributed by atoms with van der Waals surface area (Å²) in [6, 6.07) is 11.1.